The number of nitrogens with two attached hydrogens (primary N) is 1. The molecule has 1 atom stereocenters. The van der Waals surface area contributed by atoms with Crippen molar-refractivity contribution in [2.45, 2.75) is 10.9 Å². The van der Waals surface area contributed by atoms with Crippen LogP contribution < -0.4 is 5.73 Å². The molecular weight excluding hydrogens is 292 g/mol. The van der Waals surface area contributed by atoms with E-state index >= 15 is 0 Å². The Morgan fingerprint density at radius 2 is 2.33 bits per heavy atom. The van der Waals surface area contributed by atoms with Crippen LogP contribution in [0.4, 0.5) is 0 Å². The molecule has 66 valence electrons. The van der Waals surface area contributed by atoms with Gasteiger partial charge in [-0.05, 0) is 28.1 Å². The first-order chi connectivity index (χ1) is 5.42. The molecule has 2 N–H and O–H groups in total. The summed E-state index contributed by atoms with van der Waals surface area (Å²) in [5.41, 5.74) is 5.74. The van der Waals surface area contributed by atoms with E-state index in [9.17, 15) is 10.1 Å². The van der Waals surface area contributed by atoms with Gasteiger partial charge in [-0.25, -0.2) is 0 Å². The minimum atomic E-state index is -0.661. The van der Waals surface area contributed by atoms with Crippen LogP contribution in [0, 0.1) is 10.1 Å². The summed E-state index contributed by atoms with van der Waals surface area (Å²) < 4.78 is -0.246. The van der Waals surface area contributed by atoms with Gasteiger partial charge in [0.25, 0.3) is 5.70 Å². The molecule has 0 fully saturated rings. The van der Waals surface area contributed by atoms with Gasteiger partial charge < -0.3 is 5.73 Å². The van der Waals surface area contributed by atoms with E-state index in [0.29, 0.717) is 10.9 Å². The first-order valence-electron chi connectivity index (χ1n) is 3.13. The number of rotatable bonds is 1. The molecule has 4 nitrogen and oxygen atoms in total. The maximum atomic E-state index is 10.4. The van der Waals surface area contributed by atoms with Crippen molar-refractivity contribution in [1.29, 1.82) is 0 Å². The molecule has 1 rings (SSSR count). The lowest BCUT2D eigenvalue weighted by Crippen LogP contribution is -2.31. The lowest BCUT2D eigenvalue weighted by molar-refractivity contribution is -0.420. The van der Waals surface area contributed by atoms with Gasteiger partial charge in [-0.15, -0.1) is 0 Å². The predicted molar refractivity (Wildman–Crippen MR) is 52.5 cm³/mol. The Morgan fingerprint density at radius 3 is 2.75 bits per heavy atom. The molecule has 0 spiro atoms. The largest absolute Gasteiger partial charge is 0.313 e. The van der Waals surface area contributed by atoms with E-state index in [1.165, 1.54) is 6.08 Å². The molecule has 0 aromatic carbocycles. The Balaban J connectivity index is 2.94. The van der Waals surface area contributed by atoms with Gasteiger partial charge in [0, 0.05) is 6.42 Å². The highest BCUT2D eigenvalue weighted by Crippen LogP contribution is 2.31. The fourth-order valence-corrected chi connectivity index (χ4v) is 2.27. The number of hydrogen-bond acceptors (Lipinski definition) is 3. The van der Waals surface area contributed by atoms with Gasteiger partial charge in [-0.2, -0.15) is 0 Å². The van der Waals surface area contributed by atoms with Crippen LogP contribution in [0.5, 0.6) is 0 Å². The van der Waals surface area contributed by atoms with Gasteiger partial charge in [0.05, 0.1) is 13.9 Å². The lowest BCUT2D eigenvalue weighted by Gasteiger charge is -2.19. The second-order valence-electron chi connectivity index (χ2n) is 2.47. The van der Waals surface area contributed by atoms with Crippen molar-refractivity contribution in [3.05, 3.63) is 32.4 Å². The Kier molecular flexibility index (Phi) is 2.70. The molecule has 12 heavy (non-hydrogen) atoms. The fraction of sp³-hybridized carbons (Fsp3) is 0.333. The fourth-order valence-electron chi connectivity index (χ4n) is 0.856. The van der Waals surface area contributed by atoms with Gasteiger partial charge in [-0.3, -0.25) is 10.1 Å². The monoisotopic (exact) mass is 296 g/mol. The standard InChI is InChI=1S/C6H6Br2N2O2/c7-4-3-6(8,9)2-1-5(4)10(11)12/h1,3H,2,9H2. The van der Waals surface area contributed by atoms with E-state index in [1.807, 2.05) is 0 Å². The third kappa shape index (κ3) is 2.15. The summed E-state index contributed by atoms with van der Waals surface area (Å²) in [4.78, 5) is 9.94. The number of nitrogens with zero attached hydrogens (tertiary/aromatic N) is 1. The Hall–Kier alpha value is -0.200. The summed E-state index contributed by atoms with van der Waals surface area (Å²) in [6, 6.07) is 0. The van der Waals surface area contributed by atoms with Crippen molar-refractivity contribution < 1.29 is 4.92 Å². The van der Waals surface area contributed by atoms with E-state index < -0.39 is 9.37 Å². The van der Waals surface area contributed by atoms with Crippen LogP contribution in [0.15, 0.2) is 22.3 Å². The van der Waals surface area contributed by atoms with Crippen LogP contribution in [0.1, 0.15) is 6.42 Å². The SMILES string of the molecule is NC1(Br)C=C(Br)C([N+](=O)[O-])=CC1. The summed E-state index contributed by atoms with van der Waals surface area (Å²) in [5, 5.41) is 10.4. The second kappa shape index (κ2) is 3.27. The highest BCUT2D eigenvalue weighted by atomic mass is 79.9. The van der Waals surface area contributed by atoms with E-state index in [4.69, 9.17) is 5.73 Å². The molecular formula is C6H6Br2N2O2. The highest BCUT2D eigenvalue weighted by Gasteiger charge is 2.28. The molecule has 0 heterocycles. The van der Waals surface area contributed by atoms with Gasteiger partial charge in [0.15, 0.2) is 0 Å². The van der Waals surface area contributed by atoms with E-state index in [0.717, 1.165) is 0 Å². The van der Waals surface area contributed by atoms with Crippen molar-refractivity contribution in [2.75, 3.05) is 0 Å². The smallest absolute Gasteiger partial charge is 0.279 e. The lowest BCUT2D eigenvalue weighted by atomic mass is 10.1. The number of alkyl halides is 1. The first kappa shape index (κ1) is 9.88. The number of halogens is 2. The molecule has 0 amide bonds. The quantitative estimate of drug-likeness (QED) is 0.348. The van der Waals surface area contributed by atoms with Crippen molar-refractivity contribution >= 4 is 31.9 Å². The second-order valence-corrected chi connectivity index (χ2v) is 4.80. The Morgan fingerprint density at radius 1 is 1.75 bits per heavy atom. The molecule has 0 aromatic rings. The van der Waals surface area contributed by atoms with Gasteiger partial charge in [0.2, 0.25) is 0 Å². The predicted octanol–water partition coefficient (Wildman–Crippen LogP) is 1.88. The van der Waals surface area contributed by atoms with Gasteiger partial charge >= 0.3 is 0 Å². The molecule has 1 aliphatic rings. The molecule has 6 heteroatoms. The normalized spacial score (nSPS) is 29.2. The van der Waals surface area contributed by atoms with Crippen molar-refractivity contribution in [3.8, 4) is 0 Å². The number of nitro groups is 1. The Labute approximate surface area is 85.9 Å². The summed E-state index contributed by atoms with van der Waals surface area (Å²) in [5.74, 6) is 0. The topological polar surface area (TPSA) is 69.2 Å². The maximum absolute atomic E-state index is 10.4. The van der Waals surface area contributed by atoms with Crippen molar-refractivity contribution in [3.63, 3.8) is 0 Å². The van der Waals surface area contributed by atoms with Crippen LogP contribution in [0.2, 0.25) is 0 Å². The van der Waals surface area contributed by atoms with Crippen LogP contribution in [-0.4, -0.2) is 9.37 Å². The summed E-state index contributed by atoms with van der Waals surface area (Å²) in [6.07, 6.45) is 3.47. The van der Waals surface area contributed by atoms with E-state index in [2.05, 4.69) is 31.9 Å². The zero-order chi connectivity index (χ0) is 9.35. The van der Waals surface area contributed by atoms with Crippen molar-refractivity contribution in [1.82, 2.24) is 0 Å². The molecule has 0 aromatic heterocycles. The summed E-state index contributed by atoms with van der Waals surface area (Å²) in [7, 11) is 0. The molecule has 0 bridgehead atoms. The zero-order valence-corrected chi connectivity index (χ0v) is 9.13. The molecule has 0 saturated carbocycles. The highest BCUT2D eigenvalue weighted by molar-refractivity contribution is 9.12. The Bertz CT molecular complexity index is 283. The van der Waals surface area contributed by atoms with E-state index in [-0.39, 0.29) is 5.70 Å². The van der Waals surface area contributed by atoms with Crippen LogP contribution >= 0.6 is 31.9 Å². The van der Waals surface area contributed by atoms with Crippen molar-refractivity contribution in [2.24, 2.45) is 5.73 Å². The molecule has 0 aliphatic heterocycles. The third-order valence-corrected chi connectivity index (χ3v) is 2.60. The zero-order valence-electron chi connectivity index (χ0n) is 5.96. The van der Waals surface area contributed by atoms with Crippen LogP contribution in [0.25, 0.3) is 0 Å². The first-order valence-corrected chi connectivity index (χ1v) is 4.72. The van der Waals surface area contributed by atoms with E-state index in [1.54, 1.807) is 6.08 Å². The number of hydrogen-bond donors (Lipinski definition) is 1. The van der Waals surface area contributed by atoms with Crippen LogP contribution in [-0.2, 0) is 0 Å². The average Bonchev–Trinajstić information content (AvgIpc) is 1.83. The molecule has 0 radical (unpaired) electrons. The number of allylic oxidation sites excluding steroid dienone is 1. The molecule has 1 aliphatic carbocycles. The summed E-state index contributed by atoms with van der Waals surface area (Å²) in [6.45, 7) is 0. The maximum Gasteiger partial charge on any atom is 0.279 e. The van der Waals surface area contributed by atoms with Gasteiger partial charge in [0.1, 0.15) is 0 Å². The minimum absolute atomic E-state index is 0.0653. The summed E-state index contributed by atoms with van der Waals surface area (Å²) >= 11 is 6.29. The minimum Gasteiger partial charge on any atom is -0.313 e. The van der Waals surface area contributed by atoms with Crippen LogP contribution in [0.3, 0.4) is 0 Å². The average molecular weight is 298 g/mol. The molecule has 0 saturated heterocycles. The van der Waals surface area contributed by atoms with Gasteiger partial charge in [-0.1, -0.05) is 15.9 Å². The third-order valence-electron chi connectivity index (χ3n) is 1.42. The molecule has 1 unspecified atom stereocenters.